The molecule has 0 N–H and O–H groups in total. The van der Waals surface area contributed by atoms with Crippen molar-refractivity contribution >= 4 is 11.9 Å². The topological polar surface area (TPSA) is 46.6 Å². The quantitative estimate of drug-likeness (QED) is 0.774. The molecule has 1 aromatic carbocycles. The number of likely N-dealkylation sites (tertiary alicyclic amines) is 1. The number of piperidine rings is 1. The second kappa shape index (κ2) is 7.45. The number of carbonyl (C=O) groups is 2. The standard InChI is InChI=1S/C18H22F3NO3/c1-4-25-16(23)15-9-11(2)14(8-12(15)3)13-6-5-7-22(10-13)17(24)18(19,20)21/h8-9,13H,4-7,10H2,1-3H3/t13-/m0/s1. The van der Waals surface area contributed by atoms with Crippen LogP contribution >= 0.6 is 0 Å². The molecule has 0 aromatic heterocycles. The zero-order valence-corrected chi connectivity index (χ0v) is 14.6. The normalized spacial score (nSPS) is 18.2. The fourth-order valence-corrected chi connectivity index (χ4v) is 3.30. The van der Waals surface area contributed by atoms with E-state index in [1.165, 1.54) is 0 Å². The smallest absolute Gasteiger partial charge is 0.462 e. The molecule has 4 nitrogen and oxygen atoms in total. The molecule has 0 aliphatic carbocycles. The van der Waals surface area contributed by atoms with Crippen molar-refractivity contribution in [2.45, 2.75) is 45.7 Å². The van der Waals surface area contributed by atoms with Gasteiger partial charge in [-0.3, -0.25) is 4.79 Å². The third kappa shape index (κ3) is 4.32. The van der Waals surface area contributed by atoms with Crippen molar-refractivity contribution in [3.05, 3.63) is 34.4 Å². The number of halogens is 3. The summed E-state index contributed by atoms with van der Waals surface area (Å²) in [5.41, 5.74) is 2.88. The van der Waals surface area contributed by atoms with Crippen molar-refractivity contribution in [1.29, 1.82) is 0 Å². The van der Waals surface area contributed by atoms with Crippen molar-refractivity contribution in [2.24, 2.45) is 0 Å². The van der Waals surface area contributed by atoms with Gasteiger partial charge in [-0.05, 0) is 56.4 Å². The minimum absolute atomic E-state index is 0.0391. The minimum Gasteiger partial charge on any atom is -0.462 e. The average Bonchev–Trinajstić information content (AvgIpc) is 2.55. The number of aryl methyl sites for hydroxylation is 2. The highest BCUT2D eigenvalue weighted by atomic mass is 19.4. The van der Waals surface area contributed by atoms with Gasteiger partial charge in [-0.1, -0.05) is 6.07 Å². The van der Waals surface area contributed by atoms with E-state index in [-0.39, 0.29) is 25.6 Å². The van der Waals surface area contributed by atoms with Crippen molar-refractivity contribution in [3.8, 4) is 0 Å². The van der Waals surface area contributed by atoms with Crippen molar-refractivity contribution < 1.29 is 27.5 Å². The van der Waals surface area contributed by atoms with Crippen LogP contribution in [0, 0.1) is 13.8 Å². The fourth-order valence-electron chi connectivity index (χ4n) is 3.30. The number of benzene rings is 1. The Morgan fingerprint density at radius 1 is 1.24 bits per heavy atom. The van der Waals surface area contributed by atoms with Gasteiger partial charge in [0.2, 0.25) is 0 Å². The van der Waals surface area contributed by atoms with Crippen molar-refractivity contribution in [3.63, 3.8) is 0 Å². The molecule has 1 aliphatic heterocycles. The van der Waals surface area contributed by atoms with E-state index in [4.69, 9.17) is 4.74 Å². The van der Waals surface area contributed by atoms with Crippen molar-refractivity contribution in [1.82, 2.24) is 4.90 Å². The van der Waals surface area contributed by atoms with Crippen LogP contribution in [0.3, 0.4) is 0 Å². The number of hydrogen-bond acceptors (Lipinski definition) is 3. The Morgan fingerprint density at radius 3 is 2.52 bits per heavy atom. The molecule has 0 unspecified atom stereocenters. The van der Waals surface area contributed by atoms with E-state index in [0.29, 0.717) is 18.4 Å². The van der Waals surface area contributed by atoms with Crippen LogP contribution in [0.2, 0.25) is 0 Å². The molecular weight excluding hydrogens is 335 g/mol. The van der Waals surface area contributed by atoms with Crippen LogP contribution in [-0.2, 0) is 9.53 Å². The zero-order valence-electron chi connectivity index (χ0n) is 14.6. The maximum atomic E-state index is 12.7. The van der Waals surface area contributed by atoms with E-state index in [1.54, 1.807) is 19.9 Å². The lowest BCUT2D eigenvalue weighted by atomic mass is 9.85. The van der Waals surface area contributed by atoms with Gasteiger partial charge in [0.1, 0.15) is 0 Å². The van der Waals surface area contributed by atoms with E-state index in [0.717, 1.165) is 21.6 Å². The van der Waals surface area contributed by atoms with Crippen LogP contribution < -0.4 is 0 Å². The van der Waals surface area contributed by atoms with E-state index in [9.17, 15) is 22.8 Å². The Balaban J connectivity index is 2.25. The van der Waals surface area contributed by atoms with Crippen LogP contribution in [0.1, 0.15) is 52.7 Å². The van der Waals surface area contributed by atoms with Gasteiger partial charge >= 0.3 is 18.1 Å². The van der Waals surface area contributed by atoms with Crippen LogP contribution in [-0.4, -0.2) is 42.6 Å². The van der Waals surface area contributed by atoms with Crippen LogP contribution in [0.15, 0.2) is 12.1 Å². The number of carbonyl (C=O) groups excluding carboxylic acids is 2. The summed E-state index contributed by atoms with van der Waals surface area (Å²) >= 11 is 0. The average molecular weight is 357 g/mol. The van der Waals surface area contributed by atoms with Gasteiger partial charge in [-0.25, -0.2) is 4.79 Å². The van der Waals surface area contributed by atoms with Gasteiger partial charge in [-0.15, -0.1) is 0 Å². The van der Waals surface area contributed by atoms with Crippen molar-refractivity contribution in [2.75, 3.05) is 19.7 Å². The molecule has 0 spiro atoms. The van der Waals surface area contributed by atoms with E-state index >= 15 is 0 Å². The van der Waals surface area contributed by atoms with Gasteiger partial charge in [0.25, 0.3) is 0 Å². The molecule has 25 heavy (non-hydrogen) atoms. The van der Waals surface area contributed by atoms with Gasteiger partial charge in [-0.2, -0.15) is 13.2 Å². The van der Waals surface area contributed by atoms with Gasteiger partial charge in [0, 0.05) is 19.0 Å². The highest BCUT2D eigenvalue weighted by Gasteiger charge is 2.43. The molecule has 1 fully saturated rings. The first kappa shape index (κ1) is 19.3. The first-order valence-electron chi connectivity index (χ1n) is 8.29. The SMILES string of the molecule is CCOC(=O)c1cc(C)c([C@H]2CCCN(C(=O)C(F)(F)F)C2)cc1C. The second-order valence-electron chi connectivity index (χ2n) is 6.33. The number of hydrogen-bond donors (Lipinski definition) is 0. The number of esters is 1. The lowest BCUT2D eigenvalue weighted by Gasteiger charge is -2.34. The molecule has 138 valence electrons. The second-order valence-corrected chi connectivity index (χ2v) is 6.33. The highest BCUT2D eigenvalue weighted by molar-refractivity contribution is 5.91. The molecule has 7 heteroatoms. The number of amides is 1. The summed E-state index contributed by atoms with van der Waals surface area (Å²) in [4.78, 5) is 24.3. The van der Waals surface area contributed by atoms with Crippen LogP contribution in [0.5, 0.6) is 0 Å². The van der Waals surface area contributed by atoms with Gasteiger partial charge < -0.3 is 9.64 Å². The summed E-state index contributed by atoms with van der Waals surface area (Å²) in [7, 11) is 0. The summed E-state index contributed by atoms with van der Waals surface area (Å²) in [6.45, 7) is 5.75. The summed E-state index contributed by atoms with van der Waals surface area (Å²) in [5, 5.41) is 0. The third-order valence-corrected chi connectivity index (χ3v) is 4.50. The first-order valence-corrected chi connectivity index (χ1v) is 8.29. The van der Waals surface area contributed by atoms with Gasteiger partial charge in [0.05, 0.1) is 12.2 Å². The molecule has 1 aliphatic rings. The largest absolute Gasteiger partial charge is 0.471 e. The Labute approximate surface area is 144 Å². The summed E-state index contributed by atoms with van der Waals surface area (Å²) in [5.74, 6) is -2.36. The molecular formula is C18H22F3NO3. The number of alkyl halides is 3. The van der Waals surface area contributed by atoms with Crippen LogP contribution in [0.25, 0.3) is 0 Å². The third-order valence-electron chi connectivity index (χ3n) is 4.50. The molecule has 1 heterocycles. The molecule has 1 aromatic rings. The maximum Gasteiger partial charge on any atom is 0.471 e. The lowest BCUT2D eigenvalue weighted by Crippen LogP contribution is -2.45. The Hall–Kier alpha value is -2.05. The Kier molecular flexibility index (Phi) is 5.75. The van der Waals surface area contributed by atoms with Gasteiger partial charge in [0.15, 0.2) is 0 Å². The van der Waals surface area contributed by atoms with E-state index in [2.05, 4.69) is 0 Å². The molecule has 1 atom stereocenters. The fraction of sp³-hybridized carbons (Fsp3) is 0.556. The summed E-state index contributed by atoms with van der Waals surface area (Å²) < 4.78 is 43.1. The Morgan fingerprint density at radius 2 is 1.92 bits per heavy atom. The first-order chi connectivity index (χ1) is 11.6. The predicted octanol–water partition coefficient (Wildman–Crippen LogP) is 3.75. The predicted molar refractivity (Wildman–Crippen MR) is 86.5 cm³/mol. The zero-order chi connectivity index (χ0) is 18.8. The van der Waals surface area contributed by atoms with E-state index < -0.39 is 18.1 Å². The molecule has 0 bridgehead atoms. The number of nitrogens with zero attached hydrogens (tertiary/aromatic N) is 1. The van der Waals surface area contributed by atoms with E-state index in [1.807, 2.05) is 13.0 Å². The molecule has 1 amide bonds. The molecule has 0 radical (unpaired) electrons. The Bertz CT molecular complexity index is 670. The number of ether oxygens (including phenoxy) is 1. The molecule has 1 saturated heterocycles. The minimum atomic E-state index is -4.85. The lowest BCUT2D eigenvalue weighted by molar-refractivity contribution is -0.186. The molecule has 2 rings (SSSR count). The monoisotopic (exact) mass is 357 g/mol. The molecule has 0 saturated carbocycles. The summed E-state index contributed by atoms with van der Waals surface area (Å²) in [6.07, 6.45) is -3.62. The summed E-state index contributed by atoms with van der Waals surface area (Å²) in [6, 6.07) is 3.54. The maximum absolute atomic E-state index is 12.7. The van der Waals surface area contributed by atoms with Crippen LogP contribution in [0.4, 0.5) is 13.2 Å². The highest BCUT2D eigenvalue weighted by Crippen LogP contribution is 2.32. The number of rotatable bonds is 3.